The molecule has 0 aliphatic carbocycles. The Morgan fingerprint density at radius 3 is 1.96 bits per heavy atom. The van der Waals surface area contributed by atoms with Gasteiger partial charge in [-0.2, -0.15) is 5.26 Å². The fraction of sp³-hybridized carbons (Fsp3) is 0.423. The van der Waals surface area contributed by atoms with Gasteiger partial charge in [0.25, 0.3) is 20.0 Å². The number of nitrogens with zero attached hydrogens (tertiary/aromatic N) is 5. The van der Waals surface area contributed by atoms with Gasteiger partial charge in [-0.1, -0.05) is 91.9 Å². The number of fused-ring (bicyclic) bond motifs is 2. The Morgan fingerprint density at radius 1 is 0.838 bits per heavy atom. The lowest BCUT2D eigenvalue weighted by Crippen LogP contribution is -2.56. The van der Waals surface area contributed by atoms with Crippen molar-refractivity contribution in [1.29, 1.82) is 5.26 Å². The monoisotopic (exact) mass is 947 g/mol. The van der Waals surface area contributed by atoms with Crippen LogP contribution < -0.4 is 20.7 Å². The van der Waals surface area contributed by atoms with Crippen molar-refractivity contribution < 1.29 is 37.5 Å². The molecule has 2 bridgehead atoms. The number of methoxy groups -OCH3 is 2. The Hall–Kier alpha value is -5.69. The molecule has 68 heavy (non-hydrogen) atoms. The first kappa shape index (κ1) is 50.2. The summed E-state index contributed by atoms with van der Waals surface area (Å²) in [5.41, 5.74) is -1.10. The molecule has 16 heteroatoms. The summed E-state index contributed by atoms with van der Waals surface area (Å²) in [6, 6.07) is 35.5. The van der Waals surface area contributed by atoms with E-state index in [1.54, 1.807) is 26.0 Å². The largest absolute Gasteiger partial charge is 0.497 e. The van der Waals surface area contributed by atoms with Crippen LogP contribution >= 0.6 is 8.53 Å². The van der Waals surface area contributed by atoms with E-state index < -0.39 is 49.4 Å². The SMILES string of the molecule is CCCN1C(=O)[C@]2(COC(c3ccccc3)(c3ccc(OC)cc3)c3ccc(OC)cc3)O[C@@H](n3cc(C)c(=O)n(COCc4ccccc4)c3=O)[C@H]1[C@@H]2OP(OCCC#N)N(C(C)C)C(C)C. The molecule has 5 atom stereocenters. The zero-order valence-electron chi connectivity index (χ0n) is 40.1. The number of carbonyl (C=O) groups is 1. The summed E-state index contributed by atoms with van der Waals surface area (Å²) in [6.07, 6.45) is -0.0889. The molecule has 2 saturated heterocycles. The standard InChI is InChI=1S/C52H62N5O10P/c1-9-30-54-45-46(67-68(65-31-16-29-53)57(36(2)3)37(4)5)51(49(54)59,66-48(45)55-32-38(6)47(58)56(50(55)60)35-63-33-39-17-12-10-13-18-39)34-64-52(40-19-14-11-15-20-40,41-21-25-43(61-7)26-22-41)42-23-27-44(62-8)28-24-42/h10-15,17-28,32,36-37,45-46,48H,9,16,30-31,33-35H2,1-8H3/t45-,46+,48-,51-,68?/m1/s1. The van der Waals surface area contributed by atoms with E-state index in [0.717, 1.165) is 26.8 Å². The lowest BCUT2D eigenvalue weighted by Gasteiger charge is -2.41. The number of carbonyl (C=O) groups excluding carboxylic acids is 1. The zero-order chi connectivity index (χ0) is 48.6. The third kappa shape index (κ3) is 9.91. The Morgan fingerprint density at radius 2 is 1.41 bits per heavy atom. The number of aromatic nitrogens is 2. The molecule has 7 rings (SSSR count). The number of ether oxygens (including phenoxy) is 5. The van der Waals surface area contributed by atoms with Gasteiger partial charge in [-0.25, -0.2) is 14.0 Å². The Labute approximate surface area is 399 Å². The van der Waals surface area contributed by atoms with Crippen LogP contribution in [0.3, 0.4) is 0 Å². The van der Waals surface area contributed by atoms with Gasteiger partial charge in [-0.15, -0.1) is 0 Å². The quantitative estimate of drug-likeness (QED) is 0.0353. The van der Waals surface area contributed by atoms with E-state index in [1.165, 1.54) is 10.8 Å². The van der Waals surface area contributed by atoms with Gasteiger partial charge in [0.1, 0.15) is 36.0 Å². The molecule has 0 saturated carbocycles. The molecule has 2 aliphatic rings. The van der Waals surface area contributed by atoms with Crippen molar-refractivity contribution in [2.45, 2.75) is 109 Å². The number of aryl methyl sites for hydroxylation is 1. The van der Waals surface area contributed by atoms with Crippen LogP contribution in [-0.4, -0.2) is 88.4 Å². The predicted molar refractivity (Wildman–Crippen MR) is 258 cm³/mol. The number of benzene rings is 4. The molecule has 1 unspecified atom stereocenters. The summed E-state index contributed by atoms with van der Waals surface area (Å²) >= 11 is 0. The summed E-state index contributed by atoms with van der Waals surface area (Å²) in [7, 11) is 1.24. The van der Waals surface area contributed by atoms with Crippen LogP contribution in [0, 0.1) is 18.3 Å². The van der Waals surface area contributed by atoms with Crippen LogP contribution in [0.2, 0.25) is 0 Å². The molecule has 0 N–H and O–H groups in total. The van der Waals surface area contributed by atoms with Crippen LogP contribution in [-0.2, 0) is 47.0 Å². The van der Waals surface area contributed by atoms with Crippen LogP contribution in [0.1, 0.15) is 81.5 Å². The van der Waals surface area contributed by atoms with Crippen molar-refractivity contribution in [3.63, 3.8) is 0 Å². The number of hydrogen-bond donors (Lipinski definition) is 0. The number of amides is 1. The minimum atomic E-state index is -1.97. The summed E-state index contributed by atoms with van der Waals surface area (Å²) in [4.78, 5) is 45.8. The van der Waals surface area contributed by atoms with Gasteiger partial charge in [0.05, 0.1) is 46.5 Å². The molecule has 360 valence electrons. The van der Waals surface area contributed by atoms with E-state index in [9.17, 15) is 14.9 Å². The third-order valence-corrected chi connectivity index (χ3v) is 14.5. The van der Waals surface area contributed by atoms with E-state index in [2.05, 4.69) is 10.7 Å². The highest BCUT2D eigenvalue weighted by Gasteiger charge is 2.72. The lowest BCUT2D eigenvalue weighted by atomic mass is 9.79. The highest BCUT2D eigenvalue weighted by Crippen LogP contribution is 2.57. The topological polar surface area (TPSA) is 156 Å². The molecule has 0 radical (unpaired) electrons. The van der Waals surface area contributed by atoms with Gasteiger partial charge >= 0.3 is 5.69 Å². The van der Waals surface area contributed by atoms with Crippen molar-refractivity contribution in [1.82, 2.24) is 18.7 Å². The Bertz CT molecular complexity index is 2570. The van der Waals surface area contributed by atoms with Crippen LogP contribution in [0.4, 0.5) is 0 Å². The van der Waals surface area contributed by atoms with E-state index in [0.29, 0.717) is 24.5 Å². The van der Waals surface area contributed by atoms with Gasteiger partial charge < -0.3 is 37.6 Å². The van der Waals surface area contributed by atoms with E-state index in [1.807, 2.05) is 144 Å². The minimum absolute atomic E-state index is 0.0748. The summed E-state index contributed by atoms with van der Waals surface area (Å²) in [6.45, 7) is 11.6. The normalized spacial score (nSPS) is 19.5. The molecule has 1 aromatic heterocycles. The summed E-state index contributed by atoms with van der Waals surface area (Å²) < 4.78 is 50.0. The number of rotatable bonds is 23. The fourth-order valence-corrected chi connectivity index (χ4v) is 11.0. The van der Waals surface area contributed by atoms with Crippen LogP contribution in [0.15, 0.2) is 125 Å². The van der Waals surface area contributed by atoms with Crippen molar-refractivity contribution in [3.8, 4) is 17.6 Å². The zero-order valence-corrected chi connectivity index (χ0v) is 41.0. The van der Waals surface area contributed by atoms with Crippen molar-refractivity contribution in [3.05, 3.63) is 164 Å². The number of hydrogen-bond acceptors (Lipinski definition) is 12. The van der Waals surface area contributed by atoms with E-state index >= 15 is 4.79 Å². The fourth-order valence-electron chi connectivity index (χ4n) is 9.25. The van der Waals surface area contributed by atoms with Crippen LogP contribution in [0.5, 0.6) is 11.5 Å². The van der Waals surface area contributed by atoms with E-state index in [4.69, 9.17) is 32.7 Å². The second kappa shape index (κ2) is 22.2. The average molecular weight is 948 g/mol. The number of nitriles is 1. The van der Waals surface area contributed by atoms with Crippen molar-refractivity contribution in [2.75, 3.05) is 34.0 Å². The second-order valence-corrected chi connectivity index (χ2v) is 18.9. The highest BCUT2D eigenvalue weighted by molar-refractivity contribution is 7.44. The smallest absolute Gasteiger partial charge is 0.335 e. The Balaban J connectivity index is 1.42. The molecular formula is C52H62N5O10P. The molecule has 3 heterocycles. The maximum absolute atomic E-state index is 15.5. The van der Waals surface area contributed by atoms with Crippen molar-refractivity contribution >= 4 is 14.4 Å². The maximum atomic E-state index is 15.5. The molecule has 2 aliphatic heterocycles. The first-order valence-electron chi connectivity index (χ1n) is 23.0. The first-order chi connectivity index (χ1) is 32.8. The van der Waals surface area contributed by atoms with Gasteiger partial charge in [-0.05, 0) is 87.6 Å². The summed E-state index contributed by atoms with van der Waals surface area (Å²) in [5.74, 6) is 0.898. The number of morpholine rings is 1. The van der Waals surface area contributed by atoms with Crippen molar-refractivity contribution in [2.24, 2.45) is 0 Å². The molecule has 15 nitrogen and oxygen atoms in total. The first-order valence-corrected chi connectivity index (χ1v) is 24.1. The van der Waals surface area contributed by atoms with Crippen LogP contribution in [0.25, 0.3) is 0 Å². The molecule has 4 aromatic carbocycles. The molecule has 2 fully saturated rings. The van der Waals surface area contributed by atoms with Gasteiger partial charge in [-0.3, -0.25) is 14.2 Å². The number of likely N-dealkylation sites (tertiary alicyclic amines) is 1. The minimum Gasteiger partial charge on any atom is -0.497 e. The van der Waals surface area contributed by atoms with Gasteiger partial charge in [0.15, 0.2) is 6.23 Å². The molecule has 0 spiro atoms. The Kier molecular flexibility index (Phi) is 16.4. The molecule has 5 aromatic rings. The van der Waals surface area contributed by atoms with Gasteiger partial charge in [0.2, 0.25) is 5.60 Å². The average Bonchev–Trinajstić information content (AvgIpc) is 3.77. The van der Waals surface area contributed by atoms with Gasteiger partial charge in [0, 0.05) is 30.4 Å². The molecule has 1 amide bonds. The summed E-state index contributed by atoms with van der Waals surface area (Å²) in [5, 5.41) is 9.59. The second-order valence-electron chi connectivity index (χ2n) is 17.5. The molecular weight excluding hydrogens is 886 g/mol. The third-order valence-electron chi connectivity index (χ3n) is 12.4. The van der Waals surface area contributed by atoms with E-state index in [-0.39, 0.29) is 56.5 Å². The lowest BCUT2D eigenvalue weighted by molar-refractivity contribution is -0.194. The maximum Gasteiger partial charge on any atom is 0.335 e. The highest BCUT2D eigenvalue weighted by atomic mass is 31.2. The predicted octanol–water partition coefficient (Wildman–Crippen LogP) is 8.07.